The second-order valence-electron chi connectivity index (χ2n) is 9.00. The highest BCUT2D eigenvalue weighted by molar-refractivity contribution is 7.54. The molecule has 2 heterocycles. The number of aromatic amines is 1. The van der Waals surface area contributed by atoms with E-state index in [9.17, 15) is 19.3 Å². The van der Waals surface area contributed by atoms with E-state index in [4.69, 9.17) is 18.2 Å². The third-order valence-corrected chi connectivity index (χ3v) is 12.4. The van der Waals surface area contributed by atoms with Crippen molar-refractivity contribution in [3.63, 3.8) is 0 Å². The molecule has 1 aliphatic rings. The number of H-pyrrole nitrogens is 1. The van der Waals surface area contributed by atoms with Crippen molar-refractivity contribution < 1.29 is 27.9 Å². The molecule has 0 saturated carbocycles. The topological polar surface area (TPSA) is 129 Å². The molecule has 0 aliphatic carbocycles. The molecule has 0 aromatic carbocycles. The van der Waals surface area contributed by atoms with Gasteiger partial charge in [0.15, 0.2) is 14.2 Å². The number of nitrogens with zero attached hydrogens (tertiary/aromatic N) is 1. The summed E-state index contributed by atoms with van der Waals surface area (Å²) in [6.07, 6.45) is -0.939. The van der Waals surface area contributed by atoms with Gasteiger partial charge in [-0.15, -0.1) is 0 Å². The third-order valence-electron chi connectivity index (χ3n) is 5.95. The zero-order valence-corrected chi connectivity index (χ0v) is 20.7. The minimum absolute atomic E-state index is 0.127. The fraction of sp³-hybridized carbons (Fsp3) is 0.778. The molecule has 1 fully saturated rings. The fourth-order valence-electron chi connectivity index (χ4n) is 3.04. The number of aromatic nitrogens is 2. The van der Waals surface area contributed by atoms with Gasteiger partial charge >= 0.3 is 13.3 Å². The first-order chi connectivity index (χ1) is 13.7. The maximum Gasteiger partial charge on any atom is 0.361 e. The maximum atomic E-state index is 12.8. The molecule has 0 radical (unpaired) electrons. The number of hydrogen-bond donors (Lipinski definition) is 2. The van der Waals surface area contributed by atoms with Crippen molar-refractivity contribution in [3.8, 4) is 0 Å². The molecule has 1 aromatic rings. The summed E-state index contributed by atoms with van der Waals surface area (Å²) >= 11 is 0. The molecule has 172 valence electrons. The molecule has 0 spiro atoms. The summed E-state index contributed by atoms with van der Waals surface area (Å²) in [6.45, 7) is 11.9. The minimum Gasteiger partial charge on any atom is -0.411 e. The lowest BCUT2D eigenvalue weighted by Crippen LogP contribution is -2.48. The molecule has 0 amide bonds. The molecule has 1 aliphatic heterocycles. The van der Waals surface area contributed by atoms with Crippen LogP contribution in [0.4, 0.5) is 0 Å². The van der Waals surface area contributed by atoms with Crippen LogP contribution in [-0.4, -0.2) is 55.2 Å². The molecule has 2 rings (SSSR count). The SMILES string of the molecule is COP(=O)(OC)[C@@H](O)[C@H]1O[C@@H](n2cc(C)c(=O)[nH]c2=O)C[C@@H]1O[Si](C)(C)C(C)(C)C. The zero-order valence-electron chi connectivity index (χ0n) is 18.8. The van der Waals surface area contributed by atoms with Gasteiger partial charge in [0.1, 0.15) is 12.3 Å². The highest BCUT2D eigenvalue weighted by atomic mass is 31.2. The summed E-state index contributed by atoms with van der Waals surface area (Å²) in [5, 5.41) is 10.7. The molecule has 2 N–H and O–H groups in total. The second-order valence-corrected chi connectivity index (χ2v) is 16.1. The van der Waals surface area contributed by atoms with E-state index < -0.39 is 51.4 Å². The van der Waals surface area contributed by atoms with Crippen molar-refractivity contribution in [1.29, 1.82) is 0 Å². The Bertz CT molecular complexity index is 914. The quantitative estimate of drug-likeness (QED) is 0.465. The van der Waals surface area contributed by atoms with Gasteiger partial charge in [-0.1, -0.05) is 20.8 Å². The number of aryl methyl sites for hydroxylation is 1. The molecule has 10 nitrogen and oxygen atoms in total. The number of aliphatic hydroxyl groups is 1. The van der Waals surface area contributed by atoms with E-state index in [2.05, 4.69) is 25.8 Å². The van der Waals surface area contributed by atoms with E-state index in [-0.39, 0.29) is 11.5 Å². The number of rotatable bonds is 7. The molecule has 4 atom stereocenters. The van der Waals surface area contributed by atoms with E-state index in [0.29, 0.717) is 5.56 Å². The van der Waals surface area contributed by atoms with Gasteiger partial charge in [0.2, 0.25) is 0 Å². The van der Waals surface area contributed by atoms with Crippen LogP contribution in [0.1, 0.15) is 39.0 Å². The van der Waals surface area contributed by atoms with Crippen LogP contribution >= 0.6 is 7.60 Å². The lowest BCUT2D eigenvalue weighted by molar-refractivity contribution is -0.0638. The second kappa shape index (κ2) is 8.82. The first-order valence-electron chi connectivity index (χ1n) is 9.71. The van der Waals surface area contributed by atoms with Gasteiger partial charge < -0.3 is 23.3 Å². The minimum atomic E-state index is -3.89. The number of ether oxygens (including phenoxy) is 1. The van der Waals surface area contributed by atoms with Gasteiger partial charge in [0.25, 0.3) is 5.56 Å². The standard InChI is InChI=1S/C18H33N2O8PSi/c1-11-10-20(17(23)19-15(11)21)13-9-12(28-30(7,8)18(2,3)4)14(27-13)16(22)29(24,25-5)26-6/h10,12-14,16,22H,9H2,1-8H3,(H,19,21,23)/t12-,13+,14-,16+/m0/s1. The molecule has 0 bridgehead atoms. The van der Waals surface area contributed by atoms with Crippen molar-refractivity contribution in [2.75, 3.05) is 14.2 Å². The Morgan fingerprint density at radius 1 is 1.30 bits per heavy atom. The first-order valence-corrected chi connectivity index (χ1v) is 14.2. The largest absolute Gasteiger partial charge is 0.411 e. The Morgan fingerprint density at radius 2 is 1.87 bits per heavy atom. The Balaban J connectivity index is 2.46. The van der Waals surface area contributed by atoms with Crippen molar-refractivity contribution in [2.24, 2.45) is 0 Å². The smallest absolute Gasteiger partial charge is 0.361 e. The van der Waals surface area contributed by atoms with E-state index in [1.54, 1.807) is 6.92 Å². The van der Waals surface area contributed by atoms with Crippen molar-refractivity contribution in [1.82, 2.24) is 9.55 Å². The summed E-state index contributed by atoms with van der Waals surface area (Å²) in [5.74, 6) is -1.62. The molecule has 30 heavy (non-hydrogen) atoms. The van der Waals surface area contributed by atoms with E-state index >= 15 is 0 Å². The molecular weight excluding hydrogens is 431 g/mol. The van der Waals surface area contributed by atoms with Gasteiger partial charge in [-0.05, 0) is 25.1 Å². The highest BCUT2D eigenvalue weighted by Crippen LogP contribution is 2.55. The number of aliphatic hydroxyl groups excluding tert-OH is 1. The molecule has 0 unspecified atom stereocenters. The zero-order chi connectivity index (χ0) is 23.1. The van der Waals surface area contributed by atoms with E-state index in [1.165, 1.54) is 25.0 Å². The molecule has 1 aromatic heterocycles. The van der Waals surface area contributed by atoms with Crippen LogP contribution in [-0.2, 0) is 22.8 Å². The Labute approximate surface area is 177 Å². The van der Waals surface area contributed by atoms with E-state index in [0.717, 1.165) is 0 Å². The summed E-state index contributed by atoms with van der Waals surface area (Å²) in [4.78, 5) is 26.3. The summed E-state index contributed by atoms with van der Waals surface area (Å²) in [5.41, 5.74) is -0.787. The molecule has 1 saturated heterocycles. The number of nitrogens with one attached hydrogen (secondary N) is 1. The van der Waals surface area contributed by atoms with Gasteiger partial charge in [0, 0.05) is 32.4 Å². The van der Waals surface area contributed by atoms with Crippen LogP contribution in [0.15, 0.2) is 15.8 Å². The van der Waals surface area contributed by atoms with Crippen LogP contribution in [0.3, 0.4) is 0 Å². The molecule has 12 heteroatoms. The van der Waals surface area contributed by atoms with Crippen LogP contribution in [0.25, 0.3) is 0 Å². The van der Waals surface area contributed by atoms with Crippen LogP contribution in [0.5, 0.6) is 0 Å². The van der Waals surface area contributed by atoms with Gasteiger partial charge in [0.05, 0.1) is 6.10 Å². The predicted octanol–water partition coefficient (Wildman–Crippen LogP) is 2.33. The molecular formula is C18H33N2O8PSi. The average molecular weight is 465 g/mol. The normalized spacial score (nSPS) is 24.2. The maximum absolute atomic E-state index is 12.8. The summed E-state index contributed by atoms with van der Waals surface area (Å²) in [6, 6.07) is 0. The third kappa shape index (κ3) is 4.88. The Kier molecular flexibility index (Phi) is 7.40. The summed E-state index contributed by atoms with van der Waals surface area (Å²) < 4.78 is 36.4. The van der Waals surface area contributed by atoms with Crippen LogP contribution < -0.4 is 11.2 Å². The van der Waals surface area contributed by atoms with Gasteiger partial charge in [-0.2, -0.15) is 0 Å². The van der Waals surface area contributed by atoms with Crippen molar-refractivity contribution in [2.45, 2.75) is 76.5 Å². The average Bonchev–Trinajstić information content (AvgIpc) is 3.05. The monoisotopic (exact) mass is 464 g/mol. The lowest BCUT2D eigenvalue weighted by atomic mass is 10.2. The fourth-order valence-corrected chi connectivity index (χ4v) is 5.58. The Morgan fingerprint density at radius 3 is 2.37 bits per heavy atom. The van der Waals surface area contributed by atoms with Gasteiger partial charge in [-0.3, -0.25) is 18.9 Å². The summed E-state index contributed by atoms with van der Waals surface area (Å²) in [7, 11) is -3.84. The number of hydrogen-bond acceptors (Lipinski definition) is 8. The predicted molar refractivity (Wildman–Crippen MR) is 114 cm³/mol. The van der Waals surface area contributed by atoms with E-state index in [1.807, 2.05) is 13.1 Å². The van der Waals surface area contributed by atoms with Crippen molar-refractivity contribution >= 4 is 15.9 Å². The van der Waals surface area contributed by atoms with Crippen LogP contribution in [0.2, 0.25) is 18.1 Å². The van der Waals surface area contributed by atoms with Crippen molar-refractivity contribution in [3.05, 3.63) is 32.6 Å². The highest BCUT2D eigenvalue weighted by Gasteiger charge is 2.52. The van der Waals surface area contributed by atoms with Gasteiger partial charge in [-0.25, -0.2) is 4.79 Å². The van der Waals surface area contributed by atoms with Crippen LogP contribution in [0, 0.1) is 6.92 Å². The Hall–Kier alpha value is -1.07. The first kappa shape index (κ1) is 25.2. The lowest BCUT2D eigenvalue weighted by Gasteiger charge is -2.40.